The van der Waals surface area contributed by atoms with Gasteiger partial charge in [0.1, 0.15) is 0 Å². The molecule has 1 aromatic carbocycles. The number of nitrogens with one attached hydrogen (secondary N) is 2. The predicted octanol–water partition coefficient (Wildman–Crippen LogP) is 3.04. The van der Waals surface area contributed by atoms with Gasteiger partial charge in [0.05, 0.1) is 11.2 Å². The van der Waals surface area contributed by atoms with Crippen molar-refractivity contribution in [2.24, 2.45) is 0 Å². The van der Waals surface area contributed by atoms with Crippen molar-refractivity contribution in [3.8, 4) is 0 Å². The Morgan fingerprint density at radius 2 is 1.86 bits per heavy atom. The summed E-state index contributed by atoms with van der Waals surface area (Å²) in [5, 5.41) is 1.49. The van der Waals surface area contributed by atoms with E-state index in [1.54, 1.807) is 48.9 Å². The zero-order chi connectivity index (χ0) is 14.7. The monoisotopic (exact) mass is 298 g/mol. The SMILES string of the molecule is O=C(NNc1ccnc2cc(Cl)ccc12)c1ccncc1. The second kappa shape index (κ2) is 5.76. The lowest BCUT2D eigenvalue weighted by molar-refractivity contribution is 0.0962. The van der Waals surface area contributed by atoms with E-state index in [2.05, 4.69) is 20.8 Å². The number of carbonyl (C=O) groups is 1. The van der Waals surface area contributed by atoms with Crippen LogP contribution in [0.5, 0.6) is 0 Å². The number of fused-ring (bicyclic) bond motifs is 1. The van der Waals surface area contributed by atoms with E-state index in [4.69, 9.17) is 11.6 Å². The van der Waals surface area contributed by atoms with Crippen molar-refractivity contribution >= 4 is 34.1 Å². The Kier molecular flexibility index (Phi) is 3.66. The number of halogens is 1. The zero-order valence-electron chi connectivity index (χ0n) is 10.9. The maximum absolute atomic E-state index is 12.0. The van der Waals surface area contributed by atoms with Gasteiger partial charge in [0.15, 0.2) is 0 Å². The zero-order valence-corrected chi connectivity index (χ0v) is 11.6. The van der Waals surface area contributed by atoms with Crippen LogP contribution >= 0.6 is 11.6 Å². The number of hydrogen-bond acceptors (Lipinski definition) is 4. The average Bonchev–Trinajstić information content (AvgIpc) is 2.53. The van der Waals surface area contributed by atoms with Crippen LogP contribution in [-0.2, 0) is 0 Å². The molecule has 0 aliphatic rings. The molecule has 0 bridgehead atoms. The lowest BCUT2D eigenvalue weighted by atomic mass is 10.2. The van der Waals surface area contributed by atoms with Crippen LogP contribution in [0.4, 0.5) is 5.69 Å². The maximum atomic E-state index is 12.0. The van der Waals surface area contributed by atoms with Crippen molar-refractivity contribution in [2.75, 3.05) is 5.43 Å². The Balaban J connectivity index is 1.81. The third-order valence-electron chi connectivity index (χ3n) is 2.96. The molecule has 0 saturated carbocycles. The van der Waals surface area contributed by atoms with Gasteiger partial charge in [-0.05, 0) is 36.4 Å². The number of hydrazine groups is 1. The maximum Gasteiger partial charge on any atom is 0.269 e. The van der Waals surface area contributed by atoms with Crippen LogP contribution in [0, 0.1) is 0 Å². The van der Waals surface area contributed by atoms with Crippen molar-refractivity contribution < 1.29 is 4.79 Å². The average molecular weight is 299 g/mol. The summed E-state index contributed by atoms with van der Waals surface area (Å²) in [5.74, 6) is -0.240. The second-order valence-corrected chi connectivity index (χ2v) is 4.77. The molecule has 0 saturated heterocycles. The molecule has 0 fully saturated rings. The molecule has 2 aromatic heterocycles. The normalized spacial score (nSPS) is 10.3. The smallest absolute Gasteiger partial charge is 0.269 e. The third-order valence-corrected chi connectivity index (χ3v) is 3.19. The minimum Gasteiger partial charge on any atom is -0.298 e. The number of nitrogens with zero attached hydrogens (tertiary/aromatic N) is 2. The topological polar surface area (TPSA) is 66.9 Å². The van der Waals surface area contributed by atoms with Crippen LogP contribution in [0.25, 0.3) is 10.9 Å². The summed E-state index contributed by atoms with van der Waals surface area (Å²) in [5.41, 5.74) is 7.58. The second-order valence-electron chi connectivity index (χ2n) is 4.33. The van der Waals surface area contributed by atoms with Crippen LogP contribution < -0.4 is 10.9 Å². The number of carbonyl (C=O) groups excluding carboxylic acids is 1. The number of benzene rings is 1. The van der Waals surface area contributed by atoms with Gasteiger partial charge < -0.3 is 0 Å². The molecular formula is C15H11ClN4O. The molecule has 104 valence electrons. The summed E-state index contributed by atoms with van der Waals surface area (Å²) in [4.78, 5) is 20.1. The van der Waals surface area contributed by atoms with Gasteiger partial charge in [-0.1, -0.05) is 11.6 Å². The molecular weight excluding hydrogens is 288 g/mol. The van der Waals surface area contributed by atoms with Gasteiger partial charge in [-0.25, -0.2) is 0 Å². The van der Waals surface area contributed by atoms with Gasteiger partial charge in [-0.15, -0.1) is 0 Å². The van der Waals surface area contributed by atoms with Gasteiger partial charge in [0.2, 0.25) is 0 Å². The fraction of sp³-hybridized carbons (Fsp3) is 0. The quantitative estimate of drug-likeness (QED) is 0.729. The molecule has 2 heterocycles. The number of rotatable bonds is 3. The van der Waals surface area contributed by atoms with E-state index >= 15 is 0 Å². The molecule has 0 atom stereocenters. The molecule has 0 aliphatic heterocycles. The minimum atomic E-state index is -0.240. The first-order valence-corrected chi connectivity index (χ1v) is 6.62. The summed E-state index contributed by atoms with van der Waals surface area (Å²) in [6.45, 7) is 0. The van der Waals surface area contributed by atoms with Crippen LogP contribution in [0.15, 0.2) is 55.0 Å². The molecule has 21 heavy (non-hydrogen) atoms. The summed E-state index contributed by atoms with van der Waals surface area (Å²) in [6.07, 6.45) is 4.79. The van der Waals surface area contributed by atoms with Crippen molar-refractivity contribution in [3.63, 3.8) is 0 Å². The molecule has 6 heteroatoms. The number of aromatic nitrogens is 2. The molecule has 3 rings (SSSR count). The van der Waals surface area contributed by atoms with Gasteiger partial charge >= 0.3 is 0 Å². The Bertz CT molecular complexity index is 792. The molecule has 0 radical (unpaired) electrons. The molecule has 0 spiro atoms. The Morgan fingerprint density at radius 3 is 2.67 bits per heavy atom. The lowest BCUT2D eigenvalue weighted by Gasteiger charge is -2.10. The molecule has 5 nitrogen and oxygen atoms in total. The summed E-state index contributed by atoms with van der Waals surface area (Å²) < 4.78 is 0. The van der Waals surface area contributed by atoms with Crippen molar-refractivity contribution in [1.82, 2.24) is 15.4 Å². The van der Waals surface area contributed by atoms with E-state index < -0.39 is 0 Å². The van der Waals surface area contributed by atoms with E-state index in [0.717, 1.165) is 16.6 Å². The molecule has 0 aliphatic carbocycles. The van der Waals surface area contributed by atoms with E-state index in [1.165, 1.54) is 0 Å². The highest BCUT2D eigenvalue weighted by atomic mass is 35.5. The van der Waals surface area contributed by atoms with Crippen LogP contribution in [0.3, 0.4) is 0 Å². The van der Waals surface area contributed by atoms with Crippen molar-refractivity contribution in [2.45, 2.75) is 0 Å². The van der Waals surface area contributed by atoms with Crippen molar-refractivity contribution in [1.29, 1.82) is 0 Å². The van der Waals surface area contributed by atoms with Crippen molar-refractivity contribution in [3.05, 3.63) is 65.6 Å². The lowest BCUT2D eigenvalue weighted by Crippen LogP contribution is -2.29. The van der Waals surface area contributed by atoms with E-state index in [-0.39, 0.29) is 5.91 Å². The molecule has 1 amide bonds. The molecule has 3 aromatic rings. The first-order valence-electron chi connectivity index (χ1n) is 6.25. The number of pyridine rings is 2. The fourth-order valence-corrected chi connectivity index (χ4v) is 2.10. The summed E-state index contributed by atoms with van der Waals surface area (Å²) in [7, 11) is 0. The number of amides is 1. The minimum absolute atomic E-state index is 0.240. The molecule has 0 unspecified atom stereocenters. The van der Waals surface area contributed by atoms with E-state index in [0.29, 0.717) is 10.6 Å². The van der Waals surface area contributed by atoms with Gasteiger partial charge in [-0.2, -0.15) is 0 Å². The standard InChI is InChI=1S/C15H11ClN4O/c16-11-1-2-12-13(5-8-18-14(12)9-11)19-20-15(21)10-3-6-17-7-4-10/h1-9H,(H,18,19)(H,20,21). The Hall–Kier alpha value is -2.66. The van der Waals surface area contributed by atoms with Crippen LogP contribution in [-0.4, -0.2) is 15.9 Å². The first kappa shape index (κ1) is 13.3. The number of hydrogen-bond donors (Lipinski definition) is 2. The van der Waals surface area contributed by atoms with E-state index in [9.17, 15) is 4.79 Å². The largest absolute Gasteiger partial charge is 0.298 e. The Labute approximate surface area is 126 Å². The number of anilines is 1. The highest BCUT2D eigenvalue weighted by molar-refractivity contribution is 6.31. The summed E-state index contributed by atoms with van der Waals surface area (Å²) >= 11 is 5.94. The molecule has 2 N–H and O–H groups in total. The Morgan fingerprint density at radius 1 is 1.05 bits per heavy atom. The van der Waals surface area contributed by atoms with Gasteiger partial charge in [0.25, 0.3) is 5.91 Å². The fourth-order valence-electron chi connectivity index (χ4n) is 1.93. The first-order chi connectivity index (χ1) is 10.2. The third kappa shape index (κ3) is 2.93. The van der Waals surface area contributed by atoms with Gasteiger partial charge in [-0.3, -0.25) is 25.6 Å². The van der Waals surface area contributed by atoms with Crippen LogP contribution in [0.1, 0.15) is 10.4 Å². The van der Waals surface area contributed by atoms with E-state index in [1.807, 2.05) is 6.07 Å². The summed E-state index contributed by atoms with van der Waals surface area (Å²) in [6, 6.07) is 10.5. The van der Waals surface area contributed by atoms with Gasteiger partial charge in [0, 0.05) is 34.6 Å². The highest BCUT2D eigenvalue weighted by Gasteiger charge is 2.06. The highest BCUT2D eigenvalue weighted by Crippen LogP contribution is 2.23. The predicted molar refractivity (Wildman–Crippen MR) is 82.1 cm³/mol. The van der Waals surface area contributed by atoms with Crippen LogP contribution in [0.2, 0.25) is 5.02 Å².